The maximum Gasteiger partial charge on any atom is 0.253 e. The number of carbonyl (C=O) groups excluding carboxylic acids is 1. The van der Waals surface area contributed by atoms with Crippen molar-refractivity contribution in [3.05, 3.63) is 60.3 Å². The van der Waals surface area contributed by atoms with Gasteiger partial charge < -0.3 is 9.64 Å². The second kappa shape index (κ2) is 7.92. The van der Waals surface area contributed by atoms with Crippen LogP contribution in [0.1, 0.15) is 36.5 Å². The van der Waals surface area contributed by atoms with Gasteiger partial charge in [-0.1, -0.05) is 25.1 Å². The van der Waals surface area contributed by atoms with Crippen molar-refractivity contribution in [1.82, 2.24) is 14.5 Å². The summed E-state index contributed by atoms with van der Waals surface area (Å²) in [5.74, 6) is 0.0798. The van der Waals surface area contributed by atoms with Crippen molar-refractivity contribution >= 4 is 11.4 Å². The number of hydrogen-bond acceptors (Lipinski definition) is 3. The van der Waals surface area contributed by atoms with E-state index in [1.807, 2.05) is 57.9 Å². The zero-order valence-electron chi connectivity index (χ0n) is 15.7. The van der Waals surface area contributed by atoms with Gasteiger partial charge in [-0.3, -0.25) is 4.79 Å². The zero-order chi connectivity index (χ0) is 18.6. The van der Waals surface area contributed by atoms with E-state index in [1.54, 1.807) is 6.20 Å². The Morgan fingerprint density at radius 1 is 1.22 bits per heavy atom. The third-order valence-electron chi connectivity index (χ3n) is 5.08. The highest BCUT2D eigenvalue weighted by atomic mass is 16.5. The van der Waals surface area contributed by atoms with E-state index in [0.29, 0.717) is 6.54 Å². The highest BCUT2D eigenvalue weighted by Crippen LogP contribution is 2.22. The van der Waals surface area contributed by atoms with E-state index in [4.69, 9.17) is 4.74 Å². The van der Waals surface area contributed by atoms with Gasteiger partial charge in [0.2, 0.25) is 0 Å². The number of carbonyl (C=O) groups is 1. The van der Waals surface area contributed by atoms with Gasteiger partial charge in [-0.25, -0.2) is 4.52 Å². The molecule has 0 radical (unpaired) electrons. The summed E-state index contributed by atoms with van der Waals surface area (Å²) in [4.78, 5) is 14.9. The van der Waals surface area contributed by atoms with Gasteiger partial charge in [0.1, 0.15) is 0 Å². The summed E-state index contributed by atoms with van der Waals surface area (Å²) in [6.07, 6.45) is 5.05. The maximum atomic E-state index is 13.0. The van der Waals surface area contributed by atoms with Crippen LogP contribution in [0.2, 0.25) is 0 Å². The first-order chi connectivity index (χ1) is 13.3. The van der Waals surface area contributed by atoms with Gasteiger partial charge in [0.15, 0.2) is 0 Å². The van der Waals surface area contributed by atoms with Gasteiger partial charge in [-0.15, -0.1) is 0 Å². The average molecular weight is 363 g/mol. The Hall–Kier alpha value is -2.66. The monoisotopic (exact) mass is 363 g/mol. The molecule has 1 amide bonds. The Bertz CT molecular complexity index is 911. The average Bonchev–Trinajstić information content (AvgIpc) is 3.38. The summed E-state index contributed by atoms with van der Waals surface area (Å²) in [6, 6.07) is 15.9. The van der Waals surface area contributed by atoms with Crippen molar-refractivity contribution in [2.75, 3.05) is 19.7 Å². The molecule has 1 atom stereocenters. The molecule has 1 aliphatic rings. The van der Waals surface area contributed by atoms with Crippen LogP contribution in [-0.2, 0) is 4.74 Å². The number of nitrogens with zero attached hydrogens (tertiary/aromatic N) is 3. The summed E-state index contributed by atoms with van der Waals surface area (Å²) in [6.45, 7) is 4.35. The van der Waals surface area contributed by atoms with Crippen molar-refractivity contribution < 1.29 is 9.53 Å². The fourth-order valence-electron chi connectivity index (χ4n) is 3.71. The molecule has 0 spiro atoms. The van der Waals surface area contributed by atoms with E-state index in [1.165, 1.54) is 0 Å². The van der Waals surface area contributed by atoms with Gasteiger partial charge in [0.25, 0.3) is 5.91 Å². The van der Waals surface area contributed by atoms with Gasteiger partial charge in [-0.05, 0) is 49.6 Å². The topological polar surface area (TPSA) is 46.8 Å². The molecule has 140 valence electrons. The number of hydrogen-bond donors (Lipinski definition) is 0. The van der Waals surface area contributed by atoms with Crippen LogP contribution < -0.4 is 0 Å². The fraction of sp³-hybridized carbons (Fsp3) is 0.364. The van der Waals surface area contributed by atoms with E-state index in [0.717, 1.165) is 54.8 Å². The molecule has 3 heterocycles. The minimum atomic E-state index is 0.0798. The molecule has 5 nitrogen and oxygen atoms in total. The molecule has 3 aromatic rings. The van der Waals surface area contributed by atoms with Gasteiger partial charge in [-0.2, -0.15) is 5.10 Å². The van der Waals surface area contributed by atoms with Crippen molar-refractivity contribution in [1.29, 1.82) is 0 Å². The Balaban J connectivity index is 1.55. The molecule has 0 bridgehead atoms. The van der Waals surface area contributed by atoms with E-state index in [9.17, 15) is 4.79 Å². The highest BCUT2D eigenvalue weighted by molar-refractivity contribution is 5.94. The molecule has 0 aliphatic carbocycles. The van der Waals surface area contributed by atoms with Crippen LogP contribution in [0.3, 0.4) is 0 Å². The lowest BCUT2D eigenvalue weighted by Gasteiger charge is -2.25. The van der Waals surface area contributed by atoms with Crippen molar-refractivity contribution in [2.45, 2.75) is 32.3 Å². The van der Waals surface area contributed by atoms with Crippen LogP contribution in [0.4, 0.5) is 0 Å². The molecule has 1 aliphatic heterocycles. The first-order valence-corrected chi connectivity index (χ1v) is 9.70. The van der Waals surface area contributed by atoms with Crippen molar-refractivity contribution in [3.8, 4) is 11.3 Å². The summed E-state index contributed by atoms with van der Waals surface area (Å²) in [5.41, 5.74) is 3.83. The predicted molar refractivity (Wildman–Crippen MR) is 106 cm³/mol. The number of fused-ring (bicyclic) bond motifs is 1. The molecular formula is C22H25N3O2. The van der Waals surface area contributed by atoms with Crippen LogP contribution in [0, 0.1) is 0 Å². The highest BCUT2D eigenvalue weighted by Gasteiger charge is 2.23. The number of ether oxygens (including phenoxy) is 1. The molecule has 1 aromatic carbocycles. The first-order valence-electron chi connectivity index (χ1n) is 9.70. The Morgan fingerprint density at radius 2 is 2.07 bits per heavy atom. The molecule has 0 saturated carbocycles. The predicted octanol–water partition coefficient (Wildman–Crippen LogP) is 4.03. The number of rotatable bonds is 6. The third kappa shape index (κ3) is 3.74. The number of amides is 1. The molecule has 27 heavy (non-hydrogen) atoms. The summed E-state index contributed by atoms with van der Waals surface area (Å²) >= 11 is 0. The second-order valence-corrected chi connectivity index (χ2v) is 7.04. The van der Waals surface area contributed by atoms with Gasteiger partial charge in [0.05, 0.1) is 23.5 Å². The number of pyridine rings is 1. The summed E-state index contributed by atoms with van der Waals surface area (Å²) in [7, 11) is 0. The van der Waals surface area contributed by atoms with E-state index >= 15 is 0 Å². The first kappa shape index (κ1) is 17.7. The van der Waals surface area contributed by atoms with Crippen molar-refractivity contribution in [2.24, 2.45) is 0 Å². The van der Waals surface area contributed by atoms with Crippen LogP contribution >= 0.6 is 0 Å². The third-order valence-corrected chi connectivity index (χ3v) is 5.08. The lowest BCUT2D eigenvalue weighted by atomic mass is 10.1. The van der Waals surface area contributed by atoms with Gasteiger partial charge in [0, 0.05) is 30.8 Å². The normalized spacial score (nSPS) is 16.7. The number of benzene rings is 1. The van der Waals surface area contributed by atoms with Crippen molar-refractivity contribution in [3.63, 3.8) is 0 Å². The Kier molecular flexibility index (Phi) is 5.21. The standard InChI is InChI=1S/C22H25N3O2/c1-2-14-24(16-20-6-4-15-27-20)22(26)18-10-8-17(9-11-18)21-7-3-5-19-12-13-23-25(19)21/h3,5,7-13,20H,2,4,6,14-16H2,1H3/t20-/m1/s1. The zero-order valence-corrected chi connectivity index (χ0v) is 15.7. The smallest absolute Gasteiger partial charge is 0.253 e. The minimum Gasteiger partial charge on any atom is -0.376 e. The van der Waals surface area contributed by atoms with E-state index in [2.05, 4.69) is 12.0 Å². The van der Waals surface area contributed by atoms with E-state index < -0.39 is 0 Å². The van der Waals surface area contributed by atoms with Gasteiger partial charge >= 0.3 is 0 Å². The molecular weight excluding hydrogens is 338 g/mol. The number of aromatic nitrogens is 2. The van der Waals surface area contributed by atoms with Crippen LogP contribution in [0.25, 0.3) is 16.8 Å². The SMILES string of the molecule is CCCN(C[C@H]1CCCO1)C(=O)c1ccc(-c2cccc3ccnn23)cc1. The molecule has 0 N–H and O–H groups in total. The molecule has 2 aromatic heterocycles. The molecule has 4 rings (SSSR count). The minimum absolute atomic E-state index is 0.0798. The summed E-state index contributed by atoms with van der Waals surface area (Å²) < 4.78 is 7.64. The Labute approximate surface area is 159 Å². The lowest BCUT2D eigenvalue weighted by Crippen LogP contribution is -2.37. The van der Waals surface area contributed by atoms with Crippen LogP contribution in [0.5, 0.6) is 0 Å². The lowest BCUT2D eigenvalue weighted by molar-refractivity contribution is 0.0526. The second-order valence-electron chi connectivity index (χ2n) is 7.04. The molecule has 0 unspecified atom stereocenters. The van der Waals surface area contributed by atoms with Crippen LogP contribution in [-0.4, -0.2) is 46.2 Å². The fourth-order valence-corrected chi connectivity index (χ4v) is 3.71. The summed E-state index contributed by atoms with van der Waals surface area (Å²) in [5, 5.41) is 4.39. The Morgan fingerprint density at radius 3 is 2.81 bits per heavy atom. The largest absolute Gasteiger partial charge is 0.376 e. The quantitative estimate of drug-likeness (QED) is 0.664. The molecule has 1 fully saturated rings. The molecule has 5 heteroatoms. The maximum absolute atomic E-state index is 13.0. The van der Waals surface area contributed by atoms with Crippen LogP contribution in [0.15, 0.2) is 54.7 Å². The van der Waals surface area contributed by atoms with E-state index in [-0.39, 0.29) is 12.0 Å². The molecule has 1 saturated heterocycles.